The minimum absolute atomic E-state index is 0.0942. The van der Waals surface area contributed by atoms with Crippen LogP contribution in [0.3, 0.4) is 0 Å². The van der Waals surface area contributed by atoms with E-state index in [-0.39, 0.29) is 51.6 Å². The molecule has 5 aromatic rings. The summed E-state index contributed by atoms with van der Waals surface area (Å²) in [4.78, 5) is 50.0. The number of carbonyl (C=O) groups excluding carboxylic acids is 3. The molecule has 3 aliphatic rings. The first-order valence-corrected chi connectivity index (χ1v) is 17.4. The summed E-state index contributed by atoms with van der Waals surface area (Å²) < 4.78 is 34.4. The number of alkyl halides is 2. The van der Waals surface area contributed by atoms with Crippen LogP contribution in [0.4, 0.5) is 20.2 Å². The number of para-hydroxylation sites is 1. The molecule has 2 saturated heterocycles. The lowest BCUT2D eigenvalue weighted by Crippen LogP contribution is -2.36. The first-order valence-electron chi connectivity index (χ1n) is 17.0. The van der Waals surface area contributed by atoms with Gasteiger partial charge in [0.25, 0.3) is 5.91 Å². The third-order valence-corrected chi connectivity index (χ3v) is 10.2. The molecule has 3 aliphatic heterocycles. The number of hydrogen-bond donors (Lipinski definition) is 1. The highest BCUT2D eigenvalue weighted by atomic mass is 35.5. The number of ether oxygens (including phenoxy) is 1. The van der Waals surface area contributed by atoms with Gasteiger partial charge in [0.05, 0.1) is 18.3 Å². The molecule has 2 fully saturated rings. The number of nitrogens with one attached hydrogen (secondary N) is 1. The van der Waals surface area contributed by atoms with E-state index < -0.39 is 12.5 Å². The molecule has 13 nitrogen and oxygen atoms in total. The third kappa shape index (κ3) is 6.68. The predicted molar refractivity (Wildman–Crippen MR) is 187 cm³/mol. The molecule has 2 atom stereocenters. The van der Waals surface area contributed by atoms with Crippen molar-refractivity contribution in [2.24, 2.45) is 11.8 Å². The first-order chi connectivity index (χ1) is 25.2. The largest absolute Gasteiger partial charge is 0.434 e. The molecular weight excluding hydrogens is 696 g/mol. The molecule has 8 rings (SSSR count). The van der Waals surface area contributed by atoms with E-state index in [1.165, 1.54) is 46.0 Å². The molecule has 0 aliphatic carbocycles. The summed E-state index contributed by atoms with van der Waals surface area (Å²) in [5.74, 6) is -0.0969. The van der Waals surface area contributed by atoms with Gasteiger partial charge in [-0.15, -0.1) is 0 Å². The number of likely N-dealkylation sites (tertiary alicyclic amines) is 2. The average Bonchev–Trinajstić information content (AvgIpc) is 3.94. The molecular formula is C36H34ClF2N9O4. The van der Waals surface area contributed by atoms with E-state index in [1.807, 2.05) is 34.1 Å². The molecule has 0 saturated carbocycles. The van der Waals surface area contributed by atoms with Crippen molar-refractivity contribution in [3.8, 4) is 17.0 Å². The molecule has 0 unspecified atom stereocenters. The zero-order valence-electron chi connectivity index (χ0n) is 27.9. The fraction of sp³-hybridized carbons (Fsp3) is 0.333. The van der Waals surface area contributed by atoms with Gasteiger partial charge in [0.15, 0.2) is 5.65 Å². The molecule has 268 valence electrons. The Hall–Kier alpha value is -5.41. The quantitative estimate of drug-likeness (QED) is 0.211. The Morgan fingerprint density at radius 3 is 2.65 bits per heavy atom. The Morgan fingerprint density at radius 1 is 1.04 bits per heavy atom. The van der Waals surface area contributed by atoms with Crippen LogP contribution in [0.25, 0.3) is 16.9 Å². The third-order valence-electron chi connectivity index (χ3n) is 9.94. The van der Waals surface area contributed by atoms with Gasteiger partial charge in [-0.05, 0) is 60.7 Å². The lowest BCUT2D eigenvalue weighted by atomic mass is 10.0. The van der Waals surface area contributed by atoms with Crippen molar-refractivity contribution in [3.05, 3.63) is 89.5 Å². The molecule has 3 amide bonds. The minimum atomic E-state index is -3.12. The normalized spacial score (nSPS) is 18.4. The van der Waals surface area contributed by atoms with Crippen LogP contribution in [0.5, 0.6) is 5.75 Å². The number of fused-ring (bicyclic) bond motifs is 3. The van der Waals surface area contributed by atoms with Crippen molar-refractivity contribution in [2.45, 2.75) is 26.0 Å². The van der Waals surface area contributed by atoms with Gasteiger partial charge >= 0.3 is 6.61 Å². The molecule has 0 spiro atoms. The van der Waals surface area contributed by atoms with Crippen molar-refractivity contribution in [1.82, 2.24) is 34.2 Å². The van der Waals surface area contributed by atoms with Crippen LogP contribution in [0.15, 0.2) is 73.3 Å². The maximum absolute atomic E-state index is 13.6. The van der Waals surface area contributed by atoms with Gasteiger partial charge in [0.2, 0.25) is 11.8 Å². The van der Waals surface area contributed by atoms with Crippen LogP contribution in [-0.4, -0.2) is 97.8 Å². The fourth-order valence-corrected chi connectivity index (χ4v) is 7.76. The highest BCUT2D eigenvalue weighted by molar-refractivity contribution is 6.31. The van der Waals surface area contributed by atoms with E-state index in [0.29, 0.717) is 43.5 Å². The van der Waals surface area contributed by atoms with Gasteiger partial charge in [0, 0.05) is 67.6 Å². The molecule has 52 heavy (non-hydrogen) atoms. The smallest absolute Gasteiger partial charge is 0.387 e. The topological polar surface area (TPSA) is 130 Å². The van der Waals surface area contributed by atoms with Crippen LogP contribution in [0, 0.1) is 11.8 Å². The van der Waals surface area contributed by atoms with E-state index in [2.05, 4.69) is 25.4 Å². The molecule has 16 heteroatoms. The van der Waals surface area contributed by atoms with E-state index in [0.717, 1.165) is 37.3 Å². The summed E-state index contributed by atoms with van der Waals surface area (Å²) >= 11 is 6.26. The van der Waals surface area contributed by atoms with Crippen LogP contribution in [-0.2, 0) is 22.6 Å². The fourth-order valence-electron chi connectivity index (χ4n) is 7.58. The number of aromatic nitrogens is 5. The number of carbonyl (C=O) groups is 3. The van der Waals surface area contributed by atoms with Gasteiger partial charge in [-0.25, -0.2) is 9.50 Å². The number of halogens is 3. The summed E-state index contributed by atoms with van der Waals surface area (Å²) in [5.41, 5.74) is 2.95. The summed E-state index contributed by atoms with van der Waals surface area (Å²) in [6.45, 7) is 1.27. The van der Waals surface area contributed by atoms with Gasteiger partial charge in [-0.3, -0.25) is 19.1 Å². The molecule has 2 aromatic carbocycles. The van der Waals surface area contributed by atoms with Crippen molar-refractivity contribution in [3.63, 3.8) is 0 Å². The maximum Gasteiger partial charge on any atom is 0.387 e. The molecule has 3 aromatic heterocycles. The van der Waals surface area contributed by atoms with E-state index in [4.69, 9.17) is 16.3 Å². The van der Waals surface area contributed by atoms with Crippen molar-refractivity contribution < 1.29 is 27.9 Å². The highest BCUT2D eigenvalue weighted by Gasteiger charge is 2.41. The monoisotopic (exact) mass is 729 g/mol. The zero-order valence-corrected chi connectivity index (χ0v) is 28.6. The average molecular weight is 730 g/mol. The number of amides is 3. The Bertz CT molecular complexity index is 2160. The summed E-state index contributed by atoms with van der Waals surface area (Å²) in [6.07, 6.45) is 7.36. The van der Waals surface area contributed by atoms with Gasteiger partial charge in [-0.2, -0.15) is 19.0 Å². The van der Waals surface area contributed by atoms with Crippen LogP contribution >= 0.6 is 11.6 Å². The Labute approximate surface area is 301 Å². The van der Waals surface area contributed by atoms with Gasteiger partial charge < -0.3 is 24.8 Å². The van der Waals surface area contributed by atoms with Crippen molar-refractivity contribution in [2.75, 3.05) is 49.5 Å². The highest BCUT2D eigenvalue weighted by Crippen LogP contribution is 2.38. The summed E-state index contributed by atoms with van der Waals surface area (Å²) in [5, 5.41) is 11.8. The summed E-state index contributed by atoms with van der Waals surface area (Å²) in [6, 6.07) is 13.7. The van der Waals surface area contributed by atoms with Crippen LogP contribution in [0.1, 0.15) is 22.3 Å². The lowest BCUT2D eigenvalue weighted by Gasteiger charge is -2.23. The van der Waals surface area contributed by atoms with Crippen molar-refractivity contribution >= 4 is 46.3 Å². The van der Waals surface area contributed by atoms with Gasteiger partial charge in [-0.1, -0.05) is 29.8 Å². The Balaban J connectivity index is 0.938. The Morgan fingerprint density at radius 2 is 1.85 bits per heavy atom. The minimum Gasteiger partial charge on any atom is -0.434 e. The number of anilines is 2. The maximum atomic E-state index is 13.6. The number of nitrogens with zero attached hydrogens (tertiary/aromatic N) is 8. The first kappa shape index (κ1) is 33.7. The summed E-state index contributed by atoms with van der Waals surface area (Å²) in [7, 11) is 0. The zero-order chi connectivity index (χ0) is 35.9. The van der Waals surface area contributed by atoms with E-state index in [9.17, 15) is 23.2 Å². The second-order valence-electron chi connectivity index (χ2n) is 13.3. The van der Waals surface area contributed by atoms with E-state index in [1.54, 1.807) is 12.3 Å². The Kier molecular flexibility index (Phi) is 9.05. The standard InChI is InChI=1S/C36H34ClF2N9O4/c37-25-7-8-30(52-36(38)39)26(14-25)33-28(42-35(51)27-15-41-48-12-3-9-40-34(27)48)20-46(43-33)21-32(50)45-18-23-16-44(17-24(23)19-45)10-4-11-47-29-6-2-1-5-22(29)13-31(47)49/h1-3,5-9,12,14-15,20,23-24,36H,4,10-11,13,16-19,21H2,(H,42,51)/t23-,24+. The predicted octanol–water partition coefficient (Wildman–Crippen LogP) is 4.47. The number of rotatable bonds is 11. The molecule has 6 heterocycles. The van der Waals surface area contributed by atoms with Crippen LogP contribution < -0.4 is 15.0 Å². The molecule has 0 radical (unpaired) electrons. The second kappa shape index (κ2) is 14.0. The number of hydrogen-bond acceptors (Lipinski definition) is 8. The molecule has 0 bridgehead atoms. The number of benzene rings is 2. The van der Waals surface area contributed by atoms with Crippen molar-refractivity contribution in [1.29, 1.82) is 0 Å². The SMILES string of the molecule is O=C(Nc1cn(CC(=O)N2C[C@H]3CN(CCCN4C(=O)Cc5ccccc54)C[C@H]3C2)nc1-c1cc(Cl)ccc1OC(F)F)c1cnn2cccnc12. The van der Waals surface area contributed by atoms with Crippen LogP contribution in [0.2, 0.25) is 5.02 Å². The lowest BCUT2D eigenvalue weighted by molar-refractivity contribution is -0.131. The second-order valence-corrected chi connectivity index (χ2v) is 13.7. The molecule has 1 N–H and O–H groups in total. The van der Waals surface area contributed by atoms with E-state index >= 15 is 0 Å². The van der Waals surface area contributed by atoms with Gasteiger partial charge in [0.1, 0.15) is 23.6 Å².